The van der Waals surface area contributed by atoms with Crippen molar-refractivity contribution in [2.45, 2.75) is 5.92 Å². The maximum absolute atomic E-state index is 12.2. The highest BCUT2D eigenvalue weighted by Crippen LogP contribution is 2.44. The van der Waals surface area contributed by atoms with Gasteiger partial charge in [-0.15, -0.1) is 0 Å². The van der Waals surface area contributed by atoms with Crippen LogP contribution < -0.4 is 5.32 Å². The van der Waals surface area contributed by atoms with Crippen molar-refractivity contribution < 1.29 is 52.2 Å². The zero-order valence-electron chi connectivity index (χ0n) is 28.6. The first-order valence-electron chi connectivity index (χ1n) is 17.1. The Kier molecular flexibility index (Phi) is 18.9. The number of carbonyl (C=O) groups is 2. The number of ether oxygens (including phenoxy) is 9. The lowest BCUT2D eigenvalue weighted by molar-refractivity contribution is -0.0221. The van der Waals surface area contributed by atoms with Crippen LogP contribution in [0.2, 0.25) is 0 Å². The van der Waals surface area contributed by atoms with E-state index in [-0.39, 0.29) is 25.1 Å². The summed E-state index contributed by atoms with van der Waals surface area (Å²) in [7, 11) is 0. The fourth-order valence-corrected chi connectivity index (χ4v) is 5.15. The first-order chi connectivity index (χ1) is 24.7. The summed E-state index contributed by atoms with van der Waals surface area (Å²) in [4.78, 5) is 24.0. The molecule has 50 heavy (non-hydrogen) atoms. The van der Waals surface area contributed by atoms with Gasteiger partial charge in [-0.2, -0.15) is 0 Å². The molecular formula is C38H49NO11. The third-order valence-electron chi connectivity index (χ3n) is 7.56. The molecule has 0 aliphatic heterocycles. The van der Waals surface area contributed by atoms with Crippen LogP contribution in [-0.4, -0.2) is 124 Å². The minimum Gasteiger partial charge on any atom is -0.460 e. The monoisotopic (exact) mass is 695 g/mol. The van der Waals surface area contributed by atoms with Crippen molar-refractivity contribution in [2.24, 2.45) is 0 Å². The smallest absolute Gasteiger partial charge is 0.407 e. The van der Waals surface area contributed by atoms with Gasteiger partial charge in [-0.1, -0.05) is 66.7 Å². The molecule has 0 heterocycles. The second-order valence-corrected chi connectivity index (χ2v) is 11.0. The number of nitrogens with one attached hydrogen (secondary N) is 1. The van der Waals surface area contributed by atoms with E-state index >= 15 is 0 Å². The molecule has 0 saturated heterocycles. The fourth-order valence-electron chi connectivity index (χ4n) is 5.15. The van der Waals surface area contributed by atoms with Crippen LogP contribution in [-0.2, 0) is 42.6 Å². The summed E-state index contributed by atoms with van der Waals surface area (Å²) < 4.78 is 49.0. The van der Waals surface area contributed by atoms with Crippen LogP contribution in [0.5, 0.6) is 0 Å². The van der Waals surface area contributed by atoms with Crippen LogP contribution in [0.15, 0.2) is 78.9 Å². The molecule has 0 aromatic heterocycles. The van der Waals surface area contributed by atoms with Crippen LogP contribution in [0.3, 0.4) is 0 Å². The van der Waals surface area contributed by atoms with Crippen molar-refractivity contribution in [3.63, 3.8) is 0 Å². The van der Waals surface area contributed by atoms with E-state index in [1.807, 2.05) is 30.3 Å². The molecule has 1 aliphatic carbocycles. The van der Waals surface area contributed by atoms with Gasteiger partial charge in [0.1, 0.15) is 13.2 Å². The highest BCUT2D eigenvalue weighted by molar-refractivity contribution is 5.89. The number of hydrogen-bond acceptors (Lipinski definition) is 11. The Morgan fingerprint density at radius 3 is 1.34 bits per heavy atom. The van der Waals surface area contributed by atoms with Gasteiger partial charge in [0.15, 0.2) is 0 Å². The van der Waals surface area contributed by atoms with E-state index < -0.39 is 6.09 Å². The average molecular weight is 696 g/mol. The number of alkyl carbamates (subject to hydrolysis) is 1. The van der Waals surface area contributed by atoms with Crippen LogP contribution >= 0.6 is 0 Å². The maximum atomic E-state index is 12.2. The zero-order chi connectivity index (χ0) is 34.9. The molecular weight excluding hydrogens is 646 g/mol. The van der Waals surface area contributed by atoms with Crippen molar-refractivity contribution in [2.75, 3.05) is 112 Å². The molecule has 0 bridgehead atoms. The number of hydrogen-bond donors (Lipinski definition) is 1. The third-order valence-corrected chi connectivity index (χ3v) is 7.56. The number of rotatable bonds is 27. The largest absolute Gasteiger partial charge is 0.460 e. The van der Waals surface area contributed by atoms with Crippen LogP contribution in [0.4, 0.5) is 4.79 Å². The molecule has 12 nitrogen and oxygen atoms in total. The van der Waals surface area contributed by atoms with E-state index in [0.29, 0.717) is 105 Å². The highest BCUT2D eigenvalue weighted by Gasteiger charge is 2.28. The van der Waals surface area contributed by atoms with Crippen LogP contribution in [0.25, 0.3) is 11.1 Å². The maximum Gasteiger partial charge on any atom is 0.407 e. The van der Waals surface area contributed by atoms with E-state index in [9.17, 15) is 9.59 Å². The predicted octanol–water partition coefficient (Wildman–Crippen LogP) is 4.50. The molecule has 0 spiro atoms. The molecule has 0 saturated carbocycles. The standard InChI is InChI=1S/C38H49NO11/c40-37(31-8-2-1-3-9-31)49-29-28-48-27-26-47-25-24-46-23-22-45-21-20-44-19-18-43-17-16-42-15-14-39-38(41)50-30-36-34-12-6-4-10-32(34)33-11-5-7-13-35(33)36/h1-13,36H,14-30H2,(H,39,41). The number of carbonyl (C=O) groups excluding carboxylic acids is 2. The lowest BCUT2D eigenvalue weighted by Crippen LogP contribution is -2.29. The van der Waals surface area contributed by atoms with Crippen LogP contribution in [0, 0.1) is 0 Å². The van der Waals surface area contributed by atoms with Crippen molar-refractivity contribution >= 4 is 12.1 Å². The van der Waals surface area contributed by atoms with Gasteiger partial charge in [-0.3, -0.25) is 0 Å². The lowest BCUT2D eigenvalue weighted by atomic mass is 9.98. The van der Waals surface area contributed by atoms with E-state index in [1.54, 1.807) is 24.3 Å². The van der Waals surface area contributed by atoms with Gasteiger partial charge >= 0.3 is 12.1 Å². The van der Waals surface area contributed by atoms with E-state index in [4.69, 9.17) is 42.6 Å². The lowest BCUT2D eigenvalue weighted by Gasteiger charge is -2.14. The molecule has 0 unspecified atom stereocenters. The minimum atomic E-state index is -0.456. The summed E-state index contributed by atoms with van der Waals surface area (Å²) in [6, 6.07) is 25.3. The van der Waals surface area contributed by atoms with Gasteiger partial charge in [-0.05, 0) is 34.4 Å². The molecule has 272 valence electrons. The molecule has 0 radical (unpaired) electrons. The molecule has 0 atom stereocenters. The first-order valence-corrected chi connectivity index (χ1v) is 17.1. The Hall–Kier alpha value is -3.88. The molecule has 0 fully saturated rings. The predicted molar refractivity (Wildman–Crippen MR) is 186 cm³/mol. The van der Waals surface area contributed by atoms with Crippen molar-refractivity contribution in [1.82, 2.24) is 5.32 Å². The topological polar surface area (TPSA) is 129 Å². The van der Waals surface area contributed by atoms with Gasteiger partial charge in [0.25, 0.3) is 0 Å². The summed E-state index contributed by atoms with van der Waals surface area (Å²) in [5.74, 6) is -0.326. The normalized spacial score (nSPS) is 12.0. The van der Waals surface area contributed by atoms with Gasteiger partial charge in [0, 0.05) is 12.5 Å². The number of esters is 1. The number of amides is 1. The molecule has 4 rings (SSSR count). The summed E-state index contributed by atoms with van der Waals surface area (Å²) in [5, 5.41) is 2.74. The molecule has 12 heteroatoms. The second-order valence-electron chi connectivity index (χ2n) is 11.0. The zero-order valence-corrected chi connectivity index (χ0v) is 28.6. The number of benzene rings is 3. The molecule has 1 aliphatic rings. The Morgan fingerprint density at radius 1 is 0.460 bits per heavy atom. The van der Waals surface area contributed by atoms with Gasteiger partial charge in [0.05, 0.1) is 98.1 Å². The van der Waals surface area contributed by atoms with Crippen molar-refractivity contribution in [1.29, 1.82) is 0 Å². The molecule has 3 aromatic rings. The summed E-state index contributed by atoms with van der Waals surface area (Å²) in [6.45, 7) is 6.93. The second kappa shape index (κ2) is 24.3. The highest BCUT2D eigenvalue weighted by atomic mass is 16.6. The fraction of sp³-hybridized carbons (Fsp3) is 0.474. The average Bonchev–Trinajstić information content (AvgIpc) is 3.47. The quantitative estimate of drug-likeness (QED) is 0.0895. The Bertz CT molecular complexity index is 1330. The van der Waals surface area contributed by atoms with Crippen molar-refractivity contribution in [3.05, 3.63) is 95.6 Å². The molecule has 1 N–H and O–H groups in total. The molecule has 3 aromatic carbocycles. The SMILES string of the molecule is O=C(NCCOCCOCCOCCOCCOCCOCCOCCOC(=O)c1ccccc1)OCC1c2ccccc2-c2ccccc21. The summed E-state index contributed by atoms with van der Waals surface area (Å²) in [5.41, 5.74) is 5.28. The Balaban J connectivity index is 0.828. The summed E-state index contributed by atoms with van der Waals surface area (Å²) >= 11 is 0. The van der Waals surface area contributed by atoms with E-state index in [0.717, 1.165) is 0 Å². The van der Waals surface area contributed by atoms with Crippen LogP contribution in [0.1, 0.15) is 27.4 Å². The van der Waals surface area contributed by atoms with Gasteiger partial charge < -0.3 is 47.9 Å². The van der Waals surface area contributed by atoms with Crippen molar-refractivity contribution in [3.8, 4) is 11.1 Å². The first kappa shape index (κ1) is 38.9. The molecule has 1 amide bonds. The Labute approximate surface area is 294 Å². The number of fused-ring (bicyclic) bond motifs is 3. The van der Waals surface area contributed by atoms with E-state index in [1.165, 1.54) is 22.3 Å². The summed E-state index contributed by atoms with van der Waals surface area (Å²) in [6.07, 6.45) is -0.456. The van der Waals surface area contributed by atoms with Gasteiger partial charge in [0.2, 0.25) is 0 Å². The third kappa shape index (κ3) is 14.5. The Morgan fingerprint density at radius 2 is 0.860 bits per heavy atom. The van der Waals surface area contributed by atoms with Gasteiger partial charge in [-0.25, -0.2) is 9.59 Å². The van der Waals surface area contributed by atoms with E-state index in [2.05, 4.69) is 29.6 Å². The minimum absolute atomic E-state index is 0.0346.